The molecule has 1 saturated carbocycles. The van der Waals surface area contributed by atoms with E-state index in [9.17, 15) is 13.6 Å². The lowest BCUT2D eigenvalue weighted by Gasteiger charge is -2.42. The highest BCUT2D eigenvalue weighted by Crippen LogP contribution is 2.43. The van der Waals surface area contributed by atoms with Gasteiger partial charge in [-0.2, -0.15) is 0 Å². The Hall–Kier alpha value is -2.05. The normalized spacial score (nSPS) is 23.7. The zero-order valence-corrected chi connectivity index (χ0v) is 22.8. The maximum Gasteiger partial charge on any atom is 0.227 e. The first kappa shape index (κ1) is 26.6. The average molecular weight is 551 g/mol. The third kappa shape index (κ3) is 6.51. The number of ether oxygens (including phenoxy) is 1. The van der Waals surface area contributed by atoms with Crippen LogP contribution in [0.4, 0.5) is 14.7 Å². The fourth-order valence-electron chi connectivity index (χ4n) is 6.17. The molecule has 2 unspecified atom stereocenters. The van der Waals surface area contributed by atoms with E-state index >= 15 is 0 Å². The fourth-order valence-corrected chi connectivity index (χ4v) is 6.71. The minimum absolute atomic E-state index is 0.0390. The van der Waals surface area contributed by atoms with Crippen LogP contribution in [0, 0.1) is 23.6 Å². The molecule has 0 radical (unpaired) electrons. The molecule has 6 nitrogen and oxygen atoms in total. The predicted molar refractivity (Wildman–Crippen MR) is 143 cm³/mol. The van der Waals surface area contributed by atoms with Gasteiger partial charge in [0.15, 0.2) is 5.41 Å². The molecular weight excluding hydrogens is 517 g/mol. The molecule has 0 N–H and O–H groups in total. The number of hydrogen-bond acceptors (Lipinski definition) is 5. The van der Waals surface area contributed by atoms with Gasteiger partial charge >= 0.3 is 0 Å². The van der Waals surface area contributed by atoms with Crippen LogP contribution in [0.5, 0.6) is 5.75 Å². The zero-order chi connectivity index (χ0) is 26.0. The highest BCUT2D eigenvalue weighted by Gasteiger charge is 2.41. The summed E-state index contributed by atoms with van der Waals surface area (Å²) in [4.78, 5) is 24.6. The molecule has 1 aromatic heterocycles. The van der Waals surface area contributed by atoms with E-state index < -0.39 is 11.2 Å². The Morgan fingerprint density at radius 3 is 2.57 bits per heavy atom. The number of nitrogens with zero attached hydrogens (tertiary/aromatic N) is 4. The molecule has 200 valence electrons. The molecule has 10 heteroatoms. The van der Waals surface area contributed by atoms with Gasteiger partial charge in [0.2, 0.25) is 11.9 Å². The van der Waals surface area contributed by atoms with Crippen LogP contribution in [0.25, 0.3) is 0 Å². The zero-order valence-electron chi connectivity index (χ0n) is 20.9. The Bertz CT molecular complexity index is 1090. The van der Waals surface area contributed by atoms with Gasteiger partial charge < -0.3 is 14.5 Å². The third-order valence-electron chi connectivity index (χ3n) is 8.14. The van der Waals surface area contributed by atoms with Crippen molar-refractivity contribution in [3.63, 3.8) is 0 Å². The first-order chi connectivity index (χ1) is 17.8. The molecule has 1 aliphatic carbocycles. The molecule has 5 rings (SSSR count). The lowest BCUT2D eigenvalue weighted by Crippen LogP contribution is -2.57. The standard InChI is InChI=1S/C27H34ClF2N4O2P/c28-21-14-31-26(32-15-21)33-9-6-19(7-10-33)23-3-1-2-18(23)8-11-36-22-5-4-20(24(29)13-22)12-25(35)34-16-27(30,37)17-34/h4-5,13-15,18-19,23H,1-3,6-12,16-17,37H2/t18-,23?/m0/s1. The Morgan fingerprint density at radius 1 is 1.16 bits per heavy atom. The van der Waals surface area contributed by atoms with E-state index in [1.807, 2.05) is 0 Å². The number of alkyl halides is 1. The Kier molecular flexibility index (Phi) is 8.16. The van der Waals surface area contributed by atoms with Gasteiger partial charge in [-0.1, -0.05) is 39.7 Å². The SMILES string of the molecule is O=C(Cc1ccc(OCC[C@@H]2CCCC2C2CCN(c3ncc(Cl)cn3)CC2)cc1F)N1CC(F)(P)C1. The summed E-state index contributed by atoms with van der Waals surface area (Å²) in [6, 6.07) is 4.68. The van der Waals surface area contributed by atoms with Gasteiger partial charge in [0, 0.05) is 19.2 Å². The second-order valence-electron chi connectivity index (χ2n) is 10.7. The van der Waals surface area contributed by atoms with E-state index in [1.54, 1.807) is 24.5 Å². The molecular formula is C27H34ClF2N4O2P. The predicted octanol–water partition coefficient (Wildman–Crippen LogP) is 5.30. The number of aromatic nitrogens is 2. The largest absolute Gasteiger partial charge is 0.493 e. The first-order valence-corrected chi connectivity index (χ1v) is 14.1. The molecule has 2 saturated heterocycles. The highest BCUT2D eigenvalue weighted by molar-refractivity contribution is 7.18. The minimum atomic E-state index is -1.41. The average Bonchev–Trinajstić information content (AvgIpc) is 3.33. The van der Waals surface area contributed by atoms with Gasteiger partial charge in [-0.25, -0.2) is 18.7 Å². The monoisotopic (exact) mass is 550 g/mol. The van der Waals surface area contributed by atoms with E-state index in [4.69, 9.17) is 16.3 Å². The van der Waals surface area contributed by atoms with Crippen LogP contribution in [0.15, 0.2) is 30.6 Å². The number of anilines is 1. The number of amides is 1. The summed E-state index contributed by atoms with van der Waals surface area (Å²) in [5.41, 5.74) is 0.309. The number of carbonyl (C=O) groups is 1. The molecule has 37 heavy (non-hydrogen) atoms. The van der Waals surface area contributed by atoms with Gasteiger partial charge in [0.1, 0.15) is 11.6 Å². The molecule has 3 atom stereocenters. The van der Waals surface area contributed by atoms with Crippen LogP contribution in [-0.2, 0) is 11.2 Å². The number of halogens is 3. The van der Waals surface area contributed by atoms with Crippen molar-refractivity contribution in [2.75, 3.05) is 37.7 Å². The van der Waals surface area contributed by atoms with E-state index in [-0.39, 0.29) is 25.4 Å². The van der Waals surface area contributed by atoms with E-state index in [0.717, 1.165) is 38.3 Å². The smallest absolute Gasteiger partial charge is 0.227 e. The molecule has 3 heterocycles. The lowest BCUT2D eigenvalue weighted by molar-refractivity contribution is -0.139. The van der Waals surface area contributed by atoms with E-state index in [2.05, 4.69) is 24.1 Å². The van der Waals surface area contributed by atoms with Crippen LogP contribution < -0.4 is 9.64 Å². The number of hydrogen-bond donors (Lipinski definition) is 0. The van der Waals surface area contributed by atoms with Gasteiger partial charge in [0.25, 0.3) is 0 Å². The number of rotatable bonds is 8. The van der Waals surface area contributed by atoms with Gasteiger partial charge in [-0.3, -0.25) is 4.79 Å². The van der Waals surface area contributed by atoms with Crippen molar-refractivity contribution in [3.8, 4) is 5.75 Å². The Labute approximate surface area is 224 Å². The lowest BCUT2D eigenvalue weighted by atomic mass is 9.77. The van der Waals surface area contributed by atoms with Crippen LogP contribution >= 0.6 is 20.8 Å². The fraction of sp³-hybridized carbons (Fsp3) is 0.593. The minimum Gasteiger partial charge on any atom is -0.493 e. The Balaban J connectivity index is 1.07. The van der Waals surface area contributed by atoms with Gasteiger partial charge in [-0.15, -0.1) is 0 Å². The van der Waals surface area contributed by atoms with Crippen molar-refractivity contribution in [1.29, 1.82) is 0 Å². The van der Waals surface area contributed by atoms with Crippen LogP contribution in [0.3, 0.4) is 0 Å². The van der Waals surface area contributed by atoms with Crippen molar-refractivity contribution < 1.29 is 18.3 Å². The maximum atomic E-state index is 14.6. The van der Waals surface area contributed by atoms with Crippen LogP contribution in [0.2, 0.25) is 5.02 Å². The third-order valence-corrected chi connectivity index (χ3v) is 8.70. The quantitative estimate of drug-likeness (QED) is 0.418. The topological polar surface area (TPSA) is 58.6 Å². The molecule has 1 amide bonds. The molecule has 3 fully saturated rings. The van der Waals surface area contributed by atoms with Crippen molar-refractivity contribution in [2.45, 2.75) is 50.4 Å². The van der Waals surface area contributed by atoms with Crippen molar-refractivity contribution in [1.82, 2.24) is 14.9 Å². The number of likely N-dealkylation sites (tertiary alicyclic amines) is 1. The summed E-state index contributed by atoms with van der Waals surface area (Å²) in [7, 11) is 2.11. The molecule has 0 bridgehead atoms. The van der Waals surface area contributed by atoms with E-state index in [0.29, 0.717) is 40.7 Å². The summed E-state index contributed by atoms with van der Waals surface area (Å²) >= 11 is 5.92. The molecule has 3 aliphatic rings. The van der Waals surface area contributed by atoms with Gasteiger partial charge in [-0.05, 0) is 55.1 Å². The number of carbonyl (C=O) groups excluding carboxylic acids is 1. The molecule has 2 aliphatic heterocycles. The molecule has 0 spiro atoms. The van der Waals surface area contributed by atoms with Gasteiger partial charge in [0.05, 0.1) is 43.5 Å². The summed E-state index contributed by atoms with van der Waals surface area (Å²) in [5.74, 6) is 2.54. The van der Waals surface area contributed by atoms with Crippen molar-refractivity contribution in [3.05, 3.63) is 47.0 Å². The maximum absolute atomic E-state index is 14.6. The number of piperidine rings is 1. The number of benzene rings is 1. The van der Waals surface area contributed by atoms with E-state index in [1.165, 1.54) is 30.2 Å². The summed E-state index contributed by atoms with van der Waals surface area (Å²) in [6.07, 6.45) is 10.2. The van der Waals surface area contributed by atoms with Crippen molar-refractivity contribution >= 4 is 32.7 Å². The van der Waals surface area contributed by atoms with Crippen LogP contribution in [-0.4, -0.2) is 59.0 Å². The highest BCUT2D eigenvalue weighted by atomic mass is 35.5. The summed E-state index contributed by atoms with van der Waals surface area (Å²) < 4.78 is 34.1. The summed E-state index contributed by atoms with van der Waals surface area (Å²) in [6.45, 7) is 2.56. The van der Waals surface area contributed by atoms with Crippen LogP contribution in [0.1, 0.15) is 44.1 Å². The van der Waals surface area contributed by atoms with Crippen molar-refractivity contribution in [2.24, 2.45) is 17.8 Å². The second-order valence-corrected chi connectivity index (χ2v) is 12.2. The summed E-state index contributed by atoms with van der Waals surface area (Å²) in [5, 5.41) is -0.856. The molecule has 1 aromatic carbocycles. The first-order valence-electron chi connectivity index (χ1n) is 13.2. The molecule has 2 aromatic rings. The Morgan fingerprint density at radius 2 is 1.89 bits per heavy atom. The second kappa shape index (κ2) is 11.4.